The van der Waals surface area contributed by atoms with Crippen molar-refractivity contribution in [2.45, 2.75) is 25.4 Å². The van der Waals surface area contributed by atoms with Crippen molar-refractivity contribution in [3.05, 3.63) is 63.6 Å². The lowest BCUT2D eigenvalue weighted by Gasteiger charge is -2.29. The van der Waals surface area contributed by atoms with Crippen LogP contribution in [0.3, 0.4) is 0 Å². The van der Waals surface area contributed by atoms with Crippen molar-refractivity contribution in [3.63, 3.8) is 0 Å². The minimum atomic E-state index is -0.338. The number of halogens is 2. The van der Waals surface area contributed by atoms with Gasteiger partial charge in [0.05, 0.1) is 28.7 Å². The second kappa shape index (κ2) is 6.45. The molecule has 4 nitrogen and oxygen atoms in total. The standard InChI is InChI=1S/C19H16Cl2N2O2/c20-15-6-5-14(9-16(15)21)23-18(24)10-17(19(23)25)22-8-7-12-3-1-2-4-13(12)11-22/h1-6,9,17H,7-8,10-11H2/p+1/t17-/m0/s1. The average molecular weight is 376 g/mol. The van der Waals surface area contributed by atoms with Gasteiger partial charge in [0.1, 0.15) is 6.54 Å². The number of imide groups is 1. The summed E-state index contributed by atoms with van der Waals surface area (Å²) in [5.74, 6) is -0.336. The highest BCUT2D eigenvalue weighted by Crippen LogP contribution is 2.30. The molecule has 0 aliphatic carbocycles. The Balaban J connectivity index is 1.58. The van der Waals surface area contributed by atoms with E-state index in [1.165, 1.54) is 16.0 Å². The van der Waals surface area contributed by atoms with Crippen molar-refractivity contribution >= 4 is 40.7 Å². The molecule has 2 aliphatic heterocycles. The van der Waals surface area contributed by atoms with E-state index >= 15 is 0 Å². The summed E-state index contributed by atoms with van der Waals surface area (Å²) in [6, 6.07) is 12.8. The molecule has 1 saturated heterocycles. The SMILES string of the molecule is O=C1C[C@H]([NH+]2CCc3ccccc3C2)C(=O)N1c1ccc(Cl)c(Cl)c1. The second-order valence-electron chi connectivity index (χ2n) is 6.53. The van der Waals surface area contributed by atoms with Gasteiger partial charge in [-0.05, 0) is 23.8 Å². The van der Waals surface area contributed by atoms with Crippen LogP contribution in [0.1, 0.15) is 17.5 Å². The maximum atomic E-state index is 12.9. The highest BCUT2D eigenvalue weighted by atomic mass is 35.5. The monoisotopic (exact) mass is 375 g/mol. The number of benzene rings is 2. The molecular weight excluding hydrogens is 359 g/mol. The zero-order valence-electron chi connectivity index (χ0n) is 13.5. The summed E-state index contributed by atoms with van der Waals surface area (Å²) in [7, 11) is 0. The average Bonchev–Trinajstić information content (AvgIpc) is 2.91. The normalized spacial score (nSPS) is 23.0. The van der Waals surface area contributed by atoms with E-state index in [0.29, 0.717) is 15.7 Å². The highest BCUT2D eigenvalue weighted by Gasteiger charge is 2.46. The van der Waals surface area contributed by atoms with Gasteiger partial charge in [-0.15, -0.1) is 0 Å². The van der Waals surface area contributed by atoms with E-state index in [2.05, 4.69) is 12.1 Å². The van der Waals surface area contributed by atoms with Crippen LogP contribution in [0, 0.1) is 0 Å². The van der Waals surface area contributed by atoms with Crippen LogP contribution >= 0.6 is 23.2 Å². The van der Waals surface area contributed by atoms with Gasteiger partial charge in [0.2, 0.25) is 5.91 Å². The molecule has 2 atom stereocenters. The topological polar surface area (TPSA) is 41.8 Å². The van der Waals surface area contributed by atoms with Crippen molar-refractivity contribution in [3.8, 4) is 0 Å². The highest BCUT2D eigenvalue weighted by molar-refractivity contribution is 6.42. The van der Waals surface area contributed by atoms with Crippen LogP contribution in [0.15, 0.2) is 42.5 Å². The molecule has 2 heterocycles. The lowest BCUT2D eigenvalue weighted by atomic mass is 9.98. The van der Waals surface area contributed by atoms with E-state index in [1.807, 2.05) is 12.1 Å². The minimum Gasteiger partial charge on any atom is -0.320 e. The Morgan fingerprint density at radius 1 is 1.00 bits per heavy atom. The predicted molar refractivity (Wildman–Crippen MR) is 97.0 cm³/mol. The van der Waals surface area contributed by atoms with Crippen molar-refractivity contribution in [2.75, 3.05) is 11.4 Å². The fraction of sp³-hybridized carbons (Fsp3) is 0.263. The Morgan fingerprint density at radius 2 is 1.76 bits per heavy atom. The van der Waals surface area contributed by atoms with Gasteiger partial charge in [0, 0.05) is 12.0 Å². The summed E-state index contributed by atoms with van der Waals surface area (Å²) in [6.07, 6.45) is 1.16. The largest absolute Gasteiger partial charge is 0.320 e. The van der Waals surface area contributed by atoms with Gasteiger partial charge in [-0.1, -0.05) is 47.5 Å². The van der Waals surface area contributed by atoms with Crippen LogP contribution in [0.4, 0.5) is 5.69 Å². The number of carbonyl (C=O) groups excluding carboxylic acids is 2. The van der Waals surface area contributed by atoms with E-state index < -0.39 is 0 Å². The number of anilines is 1. The smallest absolute Gasteiger partial charge is 0.292 e. The number of quaternary nitrogens is 1. The van der Waals surface area contributed by atoms with Crippen LogP contribution in [-0.4, -0.2) is 24.4 Å². The number of nitrogens with one attached hydrogen (secondary N) is 1. The molecule has 0 saturated carbocycles. The molecule has 1 unspecified atom stereocenters. The fourth-order valence-corrected chi connectivity index (χ4v) is 4.04. The van der Waals surface area contributed by atoms with Gasteiger partial charge in [0.25, 0.3) is 5.91 Å². The molecule has 1 fully saturated rings. The predicted octanol–water partition coefficient (Wildman–Crippen LogP) is 2.27. The number of nitrogens with zero attached hydrogens (tertiary/aromatic N) is 1. The molecule has 2 amide bonds. The van der Waals surface area contributed by atoms with E-state index in [4.69, 9.17) is 23.2 Å². The number of rotatable bonds is 2. The van der Waals surface area contributed by atoms with Crippen molar-refractivity contribution in [2.24, 2.45) is 0 Å². The van der Waals surface area contributed by atoms with Crippen molar-refractivity contribution in [1.29, 1.82) is 0 Å². The van der Waals surface area contributed by atoms with Gasteiger partial charge < -0.3 is 4.90 Å². The van der Waals surface area contributed by atoms with Gasteiger partial charge in [-0.25, -0.2) is 4.90 Å². The van der Waals surface area contributed by atoms with Gasteiger partial charge in [-0.3, -0.25) is 9.59 Å². The first-order chi connectivity index (χ1) is 12.0. The van der Waals surface area contributed by atoms with Crippen molar-refractivity contribution in [1.82, 2.24) is 0 Å². The second-order valence-corrected chi connectivity index (χ2v) is 7.34. The van der Waals surface area contributed by atoms with Crippen LogP contribution in [0.2, 0.25) is 10.0 Å². The molecule has 6 heteroatoms. The molecule has 0 aromatic heterocycles. The molecular formula is C19H17Cl2N2O2+. The van der Waals surface area contributed by atoms with Crippen LogP contribution in [0.5, 0.6) is 0 Å². The Labute approximate surface area is 155 Å². The summed E-state index contributed by atoms with van der Waals surface area (Å²) in [5, 5.41) is 0.738. The third-order valence-corrected chi connectivity index (χ3v) is 5.79. The summed E-state index contributed by atoms with van der Waals surface area (Å²) in [4.78, 5) is 27.8. The number of hydrogen-bond donors (Lipinski definition) is 1. The molecule has 25 heavy (non-hydrogen) atoms. The van der Waals surface area contributed by atoms with Crippen LogP contribution < -0.4 is 9.80 Å². The van der Waals surface area contributed by atoms with Gasteiger partial charge in [-0.2, -0.15) is 0 Å². The van der Waals surface area contributed by atoms with Crippen molar-refractivity contribution < 1.29 is 14.5 Å². The molecule has 4 rings (SSSR count). The fourth-order valence-electron chi connectivity index (χ4n) is 3.75. The van der Waals surface area contributed by atoms with E-state index in [9.17, 15) is 9.59 Å². The van der Waals surface area contributed by atoms with E-state index in [-0.39, 0.29) is 24.3 Å². The third kappa shape index (κ3) is 2.95. The molecule has 2 aliphatic rings. The zero-order chi connectivity index (χ0) is 17.6. The summed E-state index contributed by atoms with van der Waals surface area (Å²) >= 11 is 12.0. The molecule has 128 valence electrons. The molecule has 0 spiro atoms. The Bertz CT molecular complexity index is 868. The summed E-state index contributed by atoms with van der Waals surface area (Å²) in [5.41, 5.74) is 3.09. The first-order valence-corrected chi connectivity index (χ1v) is 9.03. The summed E-state index contributed by atoms with van der Waals surface area (Å²) in [6.45, 7) is 1.63. The van der Waals surface area contributed by atoms with Crippen LogP contribution in [0.25, 0.3) is 0 Å². The molecule has 2 aromatic rings. The Morgan fingerprint density at radius 3 is 2.52 bits per heavy atom. The lowest BCUT2D eigenvalue weighted by Crippen LogP contribution is -3.16. The van der Waals surface area contributed by atoms with E-state index in [0.717, 1.165) is 24.4 Å². The Hall–Kier alpha value is -1.88. The van der Waals surface area contributed by atoms with E-state index in [1.54, 1.807) is 18.2 Å². The molecule has 1 N–H and O–H groups in total. The van der Waals surface area contributed by atoms with Gasteiger partial charge >= 0.3 is 0 Å². The maximum absolute atomic E-state index is 12.9. The zero-order valence-corrected chi connectivity index (χ0v) is 15.0. The summed E-state index contributed by atoms with van der Waals surface area (Å²) < 4.78 is 0. The quantitative estimate of drug-likeness (QED) is 0.818. The van der Waals surface area contributed by atoms with Crippen LogP contribution in [-0.2, 0) is 22.6 Å². The molecule has 0 bridgehead atoms. The number of hydrogen-bond acceptors (Lipinski definition) is 2. The number of carbonyl (C=O) groups is 2. The van der Waals surface area contributed by atoms with Gasteiger partial charge in [0.15, 0.2) is 6.04 Å². The maximum Gasteiger partial charge on any atom is 0.292 e. The third-order valence-electron chi connectivity index (χ3n) is 5.05. The number of amides is 2. The lowest BCUT2D eigenvalue weighted by molar-refractivity contribution is -0.930. The Kier molecular flexibility index (Phi) is 4.28. The first kappa shape index (κ1) is 16.6. The first-order valence-electron chi connectivity index (χ1n) is 8.28. The molecule has 0 radical (unpaired) electrons. The molecule has 2 aromatic carbocycles. The minimum absolute atomic E-state index is 0.155. The number of fused-ring (bicyclic) bond motifs is 1.